The van der Waals surface area contributed by atoms with Crippen molar-refractivity contribution >= 4 is 39.1 Å². The van der Waals surface area contributed by atoms with E-state index >= 15 is 0 Å². The second-order valence-electron chi connectivity index (χ2n) is 3.81. The summed E-state index contributed by atoms with van der Waals surface area (Å²) in [7, 11) is 0. The Labute approximate surface area is 118 Å². The van der Waals surface area contributed by atoms with Gasteiger partial charge >= 0.3 is 0 Å². The quantitative estimate of drug-likeness (QED) is 0.846. The number of hydrogen-bond acceptors (Lipinski definition) is 2. The van der Waals surface area contributed by atoms with Crippen LogP contribution in [0, 0.1) is 6.92 Å². The minimum atomic E-state index is -0.214. The number of anilines is 1. The number of pyridine rings is 1. The molecule has 0 atom stereocenters. The number of amides is 1. The molecule has 1 heterocycles. The van der Waals surface area contributed by atoms with E-state index < -0.39 is 0 Å². The second-order valence-corrected chi connectivity index (χ2v) is 5.00. The Bertz CT molecular complexity index is 581. The Hall–Kier alpha value is -1.39. The summed E-state index contributed by atoms with van der Waals surface area (Å²) in [5, 5.41) is 3.32. The summed E-state index contributed by atoms with van der Waals surface area (Å²) < 4.78 is 0.595. The van der Waals surface area contributed by atoms with Crippen LogP contribution in [0.5, 0.6) is 0 Å². The number of nitrogens with one attached hydrogen (secondary N) is 1. The molecule has 0 spiro atoms. The fraction of sp³-hybridized carbons (Fsp3) is 0.0769. The molecular formula is C13H10BrClN2O. The third-order valence-corrected chi connectivity index (χ3v) is 3.16. The molecule has 1 aromatic carbocycles. The maximum atomic E-state index is 12.1. The molecule has 18 heavy (non-hydrogen) atoms. The highest BCUT2D eigenvalue weighted by atomic mass is 79.9. The Kier molecular flexibility index (Phi) is 3.99. The number of halogens is 2. The molecule has 0 aliphatic carbocycles. The number of aryl methyl sites for hydroxylation is 1. The number of carbonyl (C=O) groups excluding carboxylic acids is 1. The molecule has 0 saturated carbocycles. The van der Waals surface area contributed by atoms with Crippen molar-refractivity contribution in [3.8, 4) is 0 Å². The SMILES string of the molecule is Cc1cc(Cl)cc(C(=O)Nc2cccnc2Br)c1. The number of nitrogens with zero attached hydrogens (tertiary/aromatic N) is 1. The topological polar surface area (TPSA) is 42.0 Å². The molecule has 2 rings (SSSR count). The number of benzene rings is 1. The monoisotopic (exact) mass is 324 g/mol. The lowest BCUT2D eigenvalue weighted by molar-refractivity contribution is 0.102. The fourth-order valence-corrected chi connectivity index (χ4v) is 2.18. The van der Waals surface area contributed by atoms with E-state index in [2.05, 4.69) is 26.2 Å². The van der Waals surface area contributed by atoms with Crippen LogP contribution < -0.4 is 5.32 Å². The minimum Gasteiger partial charge on any atom is -0.320 e. The van der Waals surface area contributed by atoms with Crippen molar-refractivity contribution in [1.82, 2.24) is 4.98 Å². The van der Waals surface area contributed by atoms with Crippen LogP contribution in [0.3, 0.4) is 0 Å². The van der Waals surface area contributed by atoms with E-state index in [1.807, 2.05) is 6.92 Å². The highest BCUT2D eigenvalue weighted by molar-refractivity contribution is 9.10. The van der Waals surface area contributed by atoms with Crippen LogP contribution in [0.2, 0.25) is 5.02 Å². The van der Waals surface area contributed by atoms with Crippen molar-refractivity contribution in [3.63, 3.8) is 0 Å². The Balaban J connectivity index is 2.25. The van der Waals surface area contributed by atoms with Gasteiger partial charge in [0.25, 0.3) is 5.91 Å². The van der Waals surface area contributed by atoms with Crippen LogP contribution in [-0.4, -0.2) is 10.9 Å². The van der Waals surface area contributed by atoms with Gasteiger partial charge in [0, 0.05) is 16.8 Å². The van der Waals surface area contributed by atoms with Crippen LogP contribution in [-0.2, 0) is 0 Å². The largest absolute Gasteiger partial charge is 0.320 e. The molecule has 92 valence electrons. The molecule has 0 aliphatic heterocycles. The van der Waals surface area contributed by atoms with Gasteiger partial charge in [0.15, 0.2) is 0 Å². The van der Waals surface area contributed by atoms with Crippen molar-refractivity contribution in [1.29, 1.82) is 0 Å². The maximum Gasteiger partial charge on any atom is 0.255 e. The summed E-state index contributed by atoms with van der Waals surface area (Å²) >= 11 is 9.20. The van der Waals surface area contributed by atoms with Gasteiger partial charge in [0.2, 0.25) is 0 Å². The zero-order chi connectivity index (χ0) is 13.1. The van der Waals surface area contributed by atoms with Gasteiger partial charge in [-0.2, -0.15) is 0 Å². The smallest absolute Gasteiger partial charge is 0.255 e. The zero-order valence-electron chi connectivity index (χ0n) is 9.58. The summed E-state index contributed by atoms with van der Waals surface area (Å²) in [4.78, 5) is 16.1. The summed E-state index contributed by atoms with van der Waals surface area (Å²) in [5.74, 6) is -0.214. The molecule has 1 aromatic heterocycles. The molecule has 1 N–H and O–H groups in total. The zero-order valence-corrected chi connectivity index (χ0v) is 11.9. The van der Waals surface area contributed by atoms with Crippen LogP contribution in [0.25, 0.3) is 0 Å². The molecule has 0 saturated heterocycles. The molecule has 0 radical (unpaired) electrons. The normalized spacial score (nSPS) is 10.2. The lowest BCUT2D eigenvalue weighted by atomic mass is 10.1. The first-order valence-corrected chi connectivity index (χ1v) is 6.42. The second kappa shape index (κ2) is 5.50. The molecule has 0 bridgehead atoms. The lowest BCUT2D eigenvalue weighted by Crippen LogP contribution is -2.12. The standard InChI is InChI=1S/C13H10BrClN2O/c1-8-5-9(7-10(15)6-8)13(18)17-11-3-2-4-16-12(11)14/h2-7H,1H3,(H,17,18). The molecule has 5 heteroatoms. The van der Waals surface area contributed by atoms with E-state index in [1.54, 1.807) is 36.5 Å². The van der Waals surface area contributed by atoms with Crippen LogP contribution in [0.1, 0.15) is 15.9 Å². The van der Waals surface area contributed by atoms with E-state index in [0.717, 1.165) is 5.56 Å². The first-order chi connectivity index (χ1) is 8.56. The third-order valence-electron chi connectivity index (χ3n) is 2.31. The molecule has 0 unspecified atom stereocenters. The third kappa shape index (κ3) is 3.09. The summed E-state index contributed by atoms with van der Waals surface area (Å²) in [6, 6.07) is 8.74. The average Bonchev–Trinajstić information content (AvgIpc) is 2.31. The number of aromatic nitrogens is 1. The highest BCUT2D eigenvalue weighted by Gasteiger charge is 2.09. The van der Waals surface area contributed by atoms with Gasteiger partial charge in [-0.25, -0.2) is 4.98 Å². The van der Waals surface area contributed by atoms with Crippen LogP contribution in [0.15, 0.2) is 41.1 Å². The molecule has 2 aromatic rings. The number of carbonyl (C=O) groups is 1. The van der Waals surface area contributed by atoms with Gasteiger partial charge < -0.3 is 5.32 Å². The maximum absolute atomic E-state index is 12.1. The molecule has 1 amide bonds. The van der Waals surface area contributed by atoms with Gasteiger partial charge in [-0.1, -0.05) is 11.6 Å². The fourth-order valence-electron chi connectivity index (χ4n) is 1.54. The Morgan fingerprint density at radius 1 is 1.39 bits per heavy atom. The average molecular weight is 326 g/mol. The van der Waals surface area contributed by atoms with E-state index in [4.69, 9.17) is 11.6 Å². The van der Waals surface area contributed by atoms with Crippen molar-refractivity contribution < 1.29 is 4.79 Å². The lowest BCUT2D eigenvalue weighted by Gasteiger charge is -2.07. The van der Waals surface area contributed by atoms with Gasteiger partial charge in [-0.3, -0.25) is 4.79 Å². The number of rotatable bonds is 2. The first-order valence-electron chi connectivity index (χ1n) is 5.25. The minimum absolute atomic E-state index is 0.214. The van der Waals surface area contributed by atoms with Crippen LogP contribution in [0.4, 0.5) is 5.69 Å². The van der Waals surface area contributed by atoms with E-state index in [0.29, 0.717) is 20.9 Å². The van der Waals surface area contributed by atoms with Gasteiger partial charge in [0.05, 0.1) is 5.69 Å². The van der Waals surface area contributed by atoms with E-state index in [1.165, 1.54) is 0 Å². The van der Waals surface area contributed by atoms with Gasteiger partial charge in [-0.05, 0) is 58.7 Å². The predicted octanol–water partition coefficient (Wildman–Crippen LogP) is 4.06. The molecule has 0 aliphatic rings. The van der Waals surface area contributed by atoms with Gasteiger partial charge in [0.1, 0.15) is 4.60 Å². The Morgan fingerprint density at radius 3 is 2.83 bits per heavy atom. The summed E-state index contributed by atoms with van der Waals surface area (Å²) in [6.45, 7) is 1.89. The molecule has 3 nitrogen and oxygen atoms in total. The summed E-state index contributed by atoms with van der Waals surface area (Å²) in [6.07, 6.45) is 1.64. The van der Waals surface area contributed by atoms with Crippen molar-refractivity contribution in [3.05, 3.63) is 57.3 Å². The molecular weight excluding hydrogens is 316 g/mol. The Morgan fingerprint density at radius 2 is 2.17 bits per heavy atom. The van der Waals surface area contributed by atoms with Crippen LogP contribution >= 0.6 is 27.5 Å². The summed E-state index contributed by atoms with van der Waals surface area (Å²) in [5.41, 5.74) is 2.09. The van der Waals surface area contributed by atoms with Crippen molar-refractivity contribution in [2.45, 2.75) is 6.92 Å². The predicted molar refractivity (Wildman–Crippen MR) is 76.1 cm³/mol. The first kappa shape index (κ1) is 13.1. The molecule has 0 fully saturated rings. The van der Waals surface area contributed by atoms with E-state index in [9.17, 15) is 4.79 Å². The van der Waals surface area contributed by atoms with Gasteiger partial charge in [-0.15, -0.1) is 0 Å². The van der Waals surface area contributed by atoms with Crippen molar-refractivity contribution in [2.75, 3.05) is 5.32 Å². The van der Waals surface area contributed by atoms with E-state index in [-0.39, 0.29) is 5.91 Å². The van der Waals surface area contributed by atoms with Crippen molar-refractivity contribution in [2.24, 2.45) is 0 Å². The number of hydrogen-bond donors (Lipinski definition) is 1. The highest BCUT2D eigenvalue weighted by Crippen LogP contribution is 2.20.